The van der Waals surface area contributed by atoms with E-state index in [1.165, 1.54) is 6.07 Å². The van der Waals surface area contributed by atoms with Gasteiger partial charge in [-0.15, -0.1) is 10.2 Å². The summed E-state index contributed by atoms with van der Waals surface area (Å²) in [7, 11) is 1.79. The van der Waals surface area contributed by atoms with Crippen molar-refractivity contribution in [1.29, 1.82) is 0 Å². The first-order valence-electron chi connectivity index (χ1n) is 21.4. The zero-order valence-corrected chi connectivity index (χ0v) is 34.6. The fourth-order valence-electron chi connectivity index (χ4n) is 9.65. The largest absolute Gasteiger partial charge is 0.371 e. The number of urea groups is 1. The van der Waals surface area contributed by atoms with Crippen molar-refractivity contribution in [1.82, 2.24) is 40.1 Å². The first-order chi connectivity index (χ1) is 29.9. The Morgan fingerprint density at radius 3 is 2.32 bits per heavy atom. The molecule has 20 heteroatoms. The summed E-state index contributed by atoms with van der Waals surface area (Å²) in [6.07, 6.45) is 3.78. The van der Waals surface area contributed by atoms with Crippen molar-refractivity contribution in [2.24, 2.45) is 11.7 Å². The number of aromatic nitrogens is 3. The van der Waals surface area contributed by atoms with E-state index in [4.69, 9.17) is 5.73 Å². The van der Waals surface area contributed by atoms with E-state index in [1.54, 1.807) is 36.2 Å². The van der Waals surface area contributed by atoms with Crippen molar-refractivity contribution in [3.05, 3.63) is 59.0 Å². The number of halogens is 1. The van der Waals surface area contributed by atoms with E-state index in [9.17, 15) is 28.8 Å². The maximum atomic E-state index is 15.8. The van der Waals surface area contributed by atoms with Gasteiger partial charge in [0.15, 0.2) is 11.5 Å². The minimum absolute atomic E-state index is 0.00305. The number of nitrogens with zero attached hydrogens (tertiary/aromatic N) is 10. The molecular weight excluding hydrogens is 802 g/mol. The van der Waals surface area contributed by atoms with Crippen molar-refractivity contribution in [3.63, 3.8) is 0 Å². The Labute approximate surface area is 357 Å². The molecule has 19 nitrogen and oxygen atoms in total. The number of hydrogen-bond acceptors (Lipinski definition) is 14. The van der Waals surface area contributed by atoms with Gasteiger partial charge in [-0.25, -0.2) is 9.18 Å². The first kappa shape index (κ1) is 40.9. The lowest BCUT2D eigenvalue weighted by Crippen LogP contribution is -2.54. The lowest BCUT2D eigenvalue weighted by molar-refractivity contribution is -0.136. The molecule has 2 aromatic carbocycles. The highest BCUT2D eigenvalue weighted by molar-refractivity contribution is 6.23. The minimum Gasteiger partial charge on any atom is -0.371 e. The molecule has 2 atom stereocenters. The van der Waals surface area contributed by atoms with Gasteiger partial charge in [-0.1, -0.05) is 0 Å². The molecule has 62 heavy (non-hydrogen) atoms. The molecule has 326 valence electrons. The van der Waals surface area contributed by atoms with Crippen LogP contribution in [0.4, 0.5) is 38.0 Å². The number of primary amides is 1. The van der Waals surface area contributed by atoms with Gasteiger partial charge in [-0.3, -0.25) is 39.1 Å². The van der Waals surface area contributed by atoms with Crippen molar-refractivity contribution in [2.45, 2.75) is 50.6 Å². The van der Waals surface area contributed by atoms with Gasteiger partial charge in [0.25, 0.3) is 17.7 Å². The van der Waals surface area contributed by atoms with E-state index in [1.807, 2.05) is 20.8 Å². The van der Waals surface area contributed by atoms with E-state index in [0.29, 0.717) is 62.5 Å². The van der Waals surface area contributed by atoms with Crippen molar-refractivity contribution >= 4 is 64.4 Å². The number of anilines is 5. The topological polar surface area (TPSA) is 214 Å². The molecule has 0 bridgehead atoms. The fourth-order valence-corrected chi connectivity index (χ4v) is 9.65. The van der Waals surface area contributed by atoms with Gasteiger partial charge in [0.05, 0.1) is 22.9 Å². The molecule has 4 N–H and O–H groups in total. The third-order valence-electron chi connectivity index (χ3n) is 13.1. The molecule has 5 saturated heterocycles. The lowest BCUT2D eigenvalue weighted by atomic mass is 9.95. The first-order valence-corrected chi connectivity index (χ1v) is 21.4. The molecular formula is C42H50FN13O6. The van der Waals surface area contributed by atoms with Crippen molar-refractivity contribution < 1.29 is 33.2 Å². The van der Waals surface area contributed by atoms with Crippen LogP contribution in [0.3, 0.4) is 0 Å². The van der Waals surface area contributed by atoms with Crippen LogP contribution in [0, 0.1) is 11.7 Å². The average molecular weight is 852 g/mol. The Morgan fingerprint density at radius 2 is 1.61 bits per heavy atom. The zero-order valence-electron chi connectivity index (χ0n) is 34.6. The van der Waals surface area contributed by atoms with Crippen LogP contribution in [-0.4, -0.2) is 161 Å². The van der Waals surface area contributed by atoms with Crippen LogP contribution in [0.25, 0.3) is 0 Å². The number of hydrogen-bond donors (Lipinski definition) is 3. The molecule has 0 radical (unpaired) electrons. The van der Waals surface area contributed by atoms with Crippen LogP contribution in [0.2, 0.25) is 0 Å². The lowest BCUT2D eigenvalue weighted by Gasteiger charge is -2.40. The molecule has 0 aliphatic carbocycles. The van der Waals surface area contributed by atoms with Gasteiger partial charge < -0.3 is 35.6 Å². The monoisotopic (exact) mass is 851 g/mol. The van der Waals surface area contributed by atoms with Crippen LogP contribution in [0.1, 0.15) is 69.7 Å². The van der Waals surface area contributed by atoms with Gasteiger partial charge in [0.1, 0.15) is 11.9 Å². The molecule has 3 aromatic rings. The van der Waals surface area contributed by atoms with Gasteiger partial charge in [-0.05, 0) is 74.4 Å². The van der Waals surface area contributed by atoms with Gasteiger partial charge in [0.2, 0.25) is 17.8 Å². The molecule has 0 spiro atoms. The van der Waals surface area contributed by atoms with E-state index >= 15 is 4.39 Å². The molecule has 6 aliphatic rings. The molecule has 0 saturated carbocycles. The summed E-state index contributed by atoms with van der Waals surface area (Å²) < 4.78 is 15.8. The number of imide groups is 2. The number of carbonyl (C=O) groups is 6. The van der Waals surface area contributed by atoms with E-state index in [-0.39, 0.29) is 47.6 Å². The quantitative estimate of drug-likeness (QED) is 0.248. The maximum Gasteiger partial charge on any atom is 0.320 e. The second-order valence-corrected chi connectivity index (χ2v) is 17.0. The Balaban J connectivity index is 0.768. The zero-order chi connectivity index (χ0) is 43.2. The second kappa shape index (κ2) is 16.8. The van der Waals surface area contributed by atoms with Crippen LogP contribution >= 0.6 is 0 Å². The summed E-state index contributed by atoms with van der Waals surface area (Å²) in [6.45, 7) is 7.89. The second-order valence-electron chi connectivity index (χ2n) is 17.0. The summed E-state index contributed by atoms with van der Waals surface area (Å²) in [5.74, 6) is -2.46. The molecule has 7 amide bonds. The van der Waals surface area contributed by atoms with Crippen LogP contribution in [-0.2, 0) is 9.59 Å². The average Bonchev–Trinajstić information content (AvgIpc) is 3.73. The number of piperazine rings is 1. The number of benzene rings is 2. The predicted octanol–water partition coefficient (Wildman–Crippen LogP) is 1.63. The smallest absolute Gasteiger partial charge is 0.320 e. The summed E-state index contributed by atoms with van der Waals surface area (Å²) in [5.41, 5.74) is 7.73. The number of likely N-dealkylation sites (N-methyl/N-ethyl adjacent to an activating group) is 1. The van der Waals surface area contributed by atoms with Crippen molar-refractivity contribution in [2.75, 3.05) is 99.1 Å². The Morgan fingerprint density at radius 1 is 0.839 bits per heavy atom. The molecule has 9 rings (SSSR count). The fraction of sp³-hybridized carbons (Fsp3) is 0.500. The third-order valence-corrected chi connectivity index (χ3v) is 13.1. The van der Waals surface area contributed by atoms with E-state index in [2.05, 4.69) is 35.6 Å². The molecule has 6 aliphatic heterocycles. The molecule has 7 heterocycles. The number of nitrogens with one attached hydrogen (secondary N) is 2. The van der Waals surface area contributed by atoms with Crippen LogP contribution in [0.15, 0.2) is 36.4 Å². The highest BCUT2D eigenvalue weighted by Crippen LogP contribution is 2.33. The highest BCUT2D eigenvalue weighted by atomic mass is 19.1. The van der Waals surface area contributed by atoms with Crippen LogP contribution in [0.5, 0.6) is 0 Å². The number of amides is 7. The number of nitrogens with two attached hydrogens (primary N) is 1. The summed E-state index contributed by atoms with van der Waals surface area (Å²) >= 11 is 0. The molecule has 1 aromatic heterocycles. The summed E-state index contributed by atoms with van der Waals surface area (Å²) in [5, 5.41) is 13.6. The maximum absolute atomic E-state index is 15.8. The SMILES string of the molecule is CN1CCN(C2CCCN(c3nnc(C(N)=O)c(Nc4ccc(N5CCN(CC6CCN(c7ccc8c(c7)C(=O)N(C7CCC(=O)NC7=O)C8=O)CC6)CC5)c(F)c4)n3)C2)C1=O. The Bertz CT molecular complexity index is 2320. The van der Waals surface area contributed by atoms with E-state index < -0.39 is 41.4 Å². The molecule has 2 unspecified atom stereocenters. The van der Waals surface area contributed by atoms with Crippen molar-refractivity contribution in [3.8, 4) is 0 Å². The standard InChI is InChI=1S/C42H50FN13O6/c1-50-15-20-55(42(50)62)28-3-2-12-54(24-28)41-47-37(35(36(44)58)48-49-41)45-26-4-7-32(31(43)21-26)53-18-16-51(17-19-53)23-25-10-13-52(14-11-25)27-5-6-29-30(22-27)40(61)56(39(29)60)33-8-9-34(57)46-38(33)59/h4-7,21-22,25,28,33H,2-3,8-20,23-24H2,1H3,(H2,44,58)(H,45,47,49)(H,46,57,59). The van der Waals surface area contributed by atoms with Crippen LogP contribution < -0.4 is 31.1 Å². The number of fused-ring (bicyclic) bond motifs is 1. The number of piperidine rings is 3. The highest BCUT2D eigenvalue weighted by Gasteiger charge is 2.45. The predicted molar refractivity (Wildman–Crippen MR) is 225 cm³/mol. The normalized spacial score (nSPS) is 22.8. The number of carbonyl (C=O) groups excluding carboxylic acids is 6. The number of rotatable bonds is 10. The molecule has 5 fully saturated rings. The van der Waals surface area contributed by atoms with Gasteiger partial charge in [0, 0.05) is 96.8 Å². The third kappa shape index (κ3) is 7.93. The Hall–Kier alpha value is -6.44. The van der Waals surface area contributed by atoms with E-state index in [0.717, 1.165) is 69.0 Å². The minimum atomic E-state index is -0.997. The summed E-state index contributed by atoms with van der Waals surface area (Å²) in [4.78, 5) is 93.4. The van der Waals surface area contributed by atoms with Gasteiger partial charge in [-0.2, -0.15) is 4.98 Å². The summed E-state index contributed by atoms with van der Waals surface area (Å²) in [6, 6.07) is 9.09. The van der Waals surface area contributed by atoms with Gasteiger partial charge >= 0.3 is 6.03 Å². The Kier molecular flexibility index (Phi) is 11.1.